The topological polar surface area (TPSA) is 101 Å². The van der Waals surface area contributed by atoms with Crippen LogP contribution in [0.2, 0.25) is 0 Å². The predicted molar refractivity (Wildman–Crippen MR) is 121 cm³/mol. The van der Waals surface area contributed by atoms with Crippen molar-refractivity contribution in [3.8, 4) is 0 Å². The van der Waals surface area contributed by atoms with Gasteiger partial charge in [-0.3, -0.25) is 14.4 Å². The molecule has 0 heterocycles. The third-order valence-corrected chi connectivity index (χ3v) is 5.09. The smallest absolute Gasteiger partial charge is 0.282 e. The summed E-state index contributed by atoms with van der Waals surface area (Å²) in [7, 11) is -4.02. The summed E-state index contributed by atoms with van der Waals surface area (Å²) in [6.07, 6.45) is 6.30. The fraction of sp³-hybridized carbons (Fsp3) is 0.348. The van der Waals surface area contributed by atoms with Crippen molar-refractivity contribution in [2.24, 2.45) is 11.8 Å². The molecule has 2 aromatic rings. The molecular weight excluding hydrogens is 400 g/mol. The van der Waals surface area contributed by atoms with Crippen LogP contribution in [-0.2, 0) is 14.9 Å². The van der Waals surface area contributed by atoms with Gasteiger partial charge in [-0.2, -0.15) is 8.42 Å². The molecule has 0 saturated carbocycles. The summed E-state index contributed by atoms with van der Waals surface area (Å²) in [5.41, 5.74) is 2.12. The van der Waals surface area contributed by atoms with Crippen LogP contribution in [0.15, 0.2) is 65.6 Å². The Morgan fingerprint density at radius 3 is 2.23 bits per heavy atom. The summed E-state index contributed by atoms with van der Waals surface area (Å²) in [4.78, 5) is 11.6. The maximum absolute atomic E-state index is 11.7. The molecule has 30 heavy (non-hydrogen) atoms. The molecule has 0 atom stereocenters. The lowest BCUT2D eigenvalue weighted by molar-refractivity contribution is -0.131. The van der Waals surface area contributed by atoms with E-state index in [1.807, 2.05) is 49.4 Å². The van der Waals surface area contributed by atoms with Crippen molar-refractivity contribution in [1.29, 1.82) is 0 Å². The van der Waals surface area contributed by atoms with Gasteiger partial charge in [-0.15, -0.1) is 0 Å². The number of carbonyl (C=O) groups is 1. The molecule has 0 fully saturated rings. The first-order chi connectivity index (χ1) is 14.1. The zero-order valence-electron chi connectivity index (χ0n) is 17.9. The summed E-state index contributed by atoms with van der Waals surface area (Å²) < 4.78 is 29.6. The minimum Gasteiger partial charge on any atom is -0.282 e. The van der Waals surface area contributed by atoms with E-state index in [-0.39, 0.29) is 10.8 Å². The average molecular weight is 433 g/mol. The second-order valence-corrected chi connectivity index (χ2v) is 8.83. The Balaban J connectivity index is 0.000000346. The van der Waals surface area contributed by atoms with E-state index in [9.17, 15) is 13.2 Å². The molecule has 0 aromatic heterocycles. The molecule has 6 nitrogen and oxygen atoms in total. The van der Waals surface area contributed by atoms with Gasteiger partial charge in [-0.05, 0) is 43.4 Å². The molecule has 3 N–H and O–H groups in total. The van der Waals surface area contributed by atoms with E-state index < -0.39 is 10.1 Å². The van der Waals surface area contributed by atoms with Gasteiger partial charge in [0, 0.05) is 13.0 Å². The van der Waals surface area contributed by atoms with E-state index in [0.717, 1.165) is 24.0 Å². The fourth-order valence-corrected chi connectivity index (χ4v) is 2.87. The molecule has 0 spiro atoms. The summed E-state index contributed by atoms with van der Waals surface area (Å²) in [5.74, 6) is 6.30. The van der Waals surface area contributed by atoms with E-state index in [4.69, 9.17) is 10.4 Å². The van der Waals surface area contributed by atoms with Crippen molar-refractivity contribution >= 4 is 22.1 Å². The lowest BCUT2D eigenvalue weighted by Gasteiger charge is -2.16. The van der Waals surface area contributed by atoms with Gasteiger partial charge in [0.2, 0.25) is 5.91 Å². The van der Waals surface area contributed by atoms with Crippen LogP contribution in [-0.4, -0.2) is 30.4 Å². The van der Waals surface area contributed by atoms with E-state index in [1.54, 1.807) is 12.1 Å². The number of rotatable bonds is 8. The zero-order chi connectivity index (χ0) is 22.6. The van der Waals surface area contributed by atoms with Crippen LogP contribution in [0.25, 0.3) is 6.08 Å². The van der Waals surface area contributed by atoms with Crippen LogP contribution in [0.3, 0.4) is 0 Å². The Kier molecular flexibility index (Phi) is 11.0. The fourth-order valence-electron chi connectivity index (χ4n) is 2.39. The van der Waals surface area contributed by atoms with Crippen molar-refractivity contribution in [3.05, 3.63) is 71.8 Å². The Hall–Kier alpha value is -2.48. The van der Waals surface area contributed by atoms with Crippen LogP contribution in [0.1, 0.15) is 44.2 Å². The lowest BCUT2D eigenvalue weighted by Crippen LogP contribution is -2.37. The maximum Gasteiger partial charge on any atom is 0.294 e. The molecule has 7 heteroatoms. The number of hydrogen-bond donors (Lipinski definition) is 2. The molecule has 0 aliphatic rings. The Bertz CT molecular complexity index is 893. The van der Waals surface area contributed by atoms with Crippen molar-refractivity contribution in [3.63, 3.8) is 0 Å². The molecule has 164 valence electrons. The number of hydrogen-bond acceptors (Lipinski definition) is 4. The van der Waals surface area contributed by atoms with Gasteiger partial charge in [0.05, 0.1) is 4.90 Å². The Morgan fingerprint density at radius 1 is 1.10 bits per heavy atom. The van der Waals surface area contributed by atoms with Crippen LogP contribution < -0.4 is 5.84 Å². The molecule has 0 bridgehead atoms. The largest absolute Gasteiger partial charge is 0.294 e. The number of nitrogens with two attached hydrogens (primary N) is 1. The van der Waals surface area contributed by atoms with E-state index in [1.165, 1.54) is 17.1 Å². The van der Waals surface area contributed by atoms with Crippen LogP contribution in [0.4, 0.5) is 0 Å². The maximum atomic E-state index is 11.7. The number of nitrogens with zero attached hydrogens (tertiary/aromatic N) is 1. The third-order valence-electron chi connectivity index (χ3n) is 4.22. The molecule has 1 amide bonds. The van der Waals surface area contributed by atoms with E-state index >= 15 is 0 Å². The Morgan fingerprint density at radius 2 is 1.70 bits per heavy atom. The van der Waals surface area contributed by atoms with E-state index in [2.05, 4.69) is 13.8 Å². The molecule has 0 unspecified atom stereocenters. The standard InChI is InChI=1S/C16H24N2O.C7H8O3S/c1-14(2)11-12-16(19)18(17)13-7-6-10-15-8-4-3-5-9-15;1-6-2-4-7(5-3-6)11(8,9)10/h3-6,8-10,14H,7,11-13,17H2,1-2H3;2-5H,1H3,(H,8,9,10). The molecule has 2 aromatic carbocycles. The van der Waals surface area contributed by atoms with Crippen LogP contribution in [0, 0.1) is 12.8 Å². The highest BCUT2D eigenvalue weighted by atomic mass is 32.2. The number of carbonyl (C=O) groups excluding carboxylic acids is 1. The first-order valence-corrected chi connectivity index (χ1v) is 11.3. The minimum absolute atomic E-state index is 0.0295. The predicted octanol–water partition coefficient (Wildman–Crippen LogP) is 4.47. The lowest BCUT2D eigenvalue weighted by atomic mass is 10.1. The van der Waals surface area contributed by atoms with Crippen molar-refractivity contribution in [2.75, 3.05) is 6.54 Å². The van der Waals surface area contributed by atoms with Crippen LogP contribution in [0.5, 0.6) is 0 Å². The number of amides is 1. The van der Waals surface area contributed by atoms with Crippen molar-refractivity contribution in [2.45, 2.75) is 44.9 Å². The molecule has 2 rings (SSSR count). The van der Waals surface area contributed by atoms with Gasteiger partial charge in [0.1, 0.15) is 0 Å². The second-order valence-electron chi connectivity index (χ2n) is 7.41. The highest BCUT2D eigenvalue weighted by molar-refractivity contribution is 7.85. The van der Waals surface area contributed by atoms with Gasteiger partial charge < -0.3 is 0 Å². The number of hydrazine groups is 1. The summed E-state index contributed by atoms with van der Waals surface area (Å²) in [6, 6.07) is 16.1. The SMILES string of the molecule is CC(C)CCC(=O)N(N)CCC=Cc1ccccc1.Cc1ccc(S(=O)(=O)O)cc1. The molecule has 0 aliphatic heterocycles. The average Bonchev–Trinajstić information content (AvgIpc) is 2.70. The second kappa shape index (κ2) is 13.0. The van der Waals surface area contributed by atoms with Crippen molar-refractivity contribution in [1.82, 2.24) is 5.01 Å². The minimum atomic E-state index is -4.02. The Labute approximate surface area is 180 Å². The monoisotopic (exact) mass is 432 g/mol. The third kappa shape index (κ3) is 10.9. The first kappa shape index (κ1) is 25.6. The summed E-state index contributed by atoms with van der Waals surface area (Å²) in [6.45, 7) is 6.63. The van der Waals surface area contributed by atoms with Gasteiger partial charge in [0.15, 0.2) is 0 Å². The highest BCUT2D eigenvalue weighted by Gasteiger charge is 2.09. The van der Waals surface area contributed by atoms with Gasteiger partial charge in [-0.1, -0.05) is 74.0 Å². The van der Waals surface area contributed by atoms with E-state index in [0.29, 0.717) is 18.9 Å². The summed E-state index contributed by atoms with van der Waals surface area (Å²) >= 11 is 0. The van der Waals surface area contributed by atoms with Crippen molar-refractivity contribution < 1.29 is 17.8 Å². The normalized spacial score (nSPS) is 11.3. The zero-order valence-corrected chi connectivity index (χ0v) is 18.7. The van der Waals surface area contributed by atoms with Gasteiger partial charge in [-0.25, -0.2) is 5.84 Å². The van der Waals surface area contributed by atoms with Gasteiger partial charge >= 0.3 is 0 Å². The van der Waals surface area contributed by atoms with Crippen LogP contribution >= 0.6 is 0 Å². The number of benzene rings is 2. The molecule has 0 saturated heterocycles. The van der Waals surface area contributed by atoms with Gasteiger partial charge in [0.25, 0.3) is 10.1 Å². The molecule has 0 radical (unpaired) electrons. The summed E-state index contributed by atoms with van der Waals surface area (Å²) in [5, 5.41) is 1.33. The highest BCUT2D eigenvalue weighted by Crippen LogP contribution is 2.08. The quantitative estimate of drug-likeness (QED) is 0.277. The first-order valence-electron chi connectivity index (χ1n) is 9.90. The molecule has 0 aliphatic carbocycles. The number of aryl methyl sites for hydroxylation is 1. The molecular formula is C23H32N2O4S.